The van der Waals surface area contributed by atoms with Crippen LogP contribution in [0.1, 0.15) is 24.1 Å². The number of benzene rings is 1. The van der Waals surface area contributed by atoms with Crippen LogP contribution in [0.5, 0.6) is 5.75 Å². The summed E-state index contributed by atoms with van der Waals surface area (Å²) in [5.41, 5.74) is -2.15. The van der Waals surface area contributed by atoms with E-state index >= 15 is 0 Å². The summed E-state index contributed by atoms with van der Waals surface area (Å²) in [4.78, 5) is 18.3. The minimum atomic E-state index is -4.86. The lowest BCUT2D eigenvalue weighted by Crippen LogP contribution is -2.44. The fourth-order valence-electron chi connectivity index (χ4n) is 2.86. The summed E-state index contributed by atoms with van der Waals surface area (Å²) >= 11 is 5.32. The third kappa shape index (κ3) is 3.97. The van der Waals surface area contributed by atoms with Crippen molar-refractivity contribution in [2.75, 3.05) is 16.3 Å². The number of pyridine rings is 1. The molecule has 29 heavy (non-hydrogen) atoms. The lowest BCUT2D eigenvalue weighted by Gasteiger charge is -2.30. The normalized spacial score (nSPS) is 15.3. The van der Waals surface area contributed by atoms with Crippen molar-refractivity contribution in [1.29, 1.82) is 5.26 Å². The molecule has 0 bridgehead atoms. The first-order chi connectivity index (χ1) is 13.6. The highest BCUT2D eigenvalue weighted by Gasteiger charge is 2.37. The Morgan fingerprint density at radius 3 is 2.59 bits per heavy atom. The number of thiocarbonyl (C=S) groups is 1. The first-order valence-electron chi connectivity index (χ1n) is 8.24. The minimum absolute atomic E-state index is 0.0153. The first-order valence-corrected chi connectivity index (χ1v) is 8.64. The number of nitriles is 1. The van der Waals surface area contributed by atoms with Gasteiger partial charge >= 0.3 is 6.18 Å². The van der Waals surface area contributed by atoms with Crippen LogP contribution < -0.4 is 9.80 Å². The van der Waals surface area contributed by atoms with Crippen molar-refractivity contribution < 1.29 is 27.5 Å². The second kappa shape index (κ2) is 7.63. The average molecular weight is 424 g/mol. The largest absolute Gasteiger partial charge is 0.505 e. The van der Waals surface area contributed by atoms with Crippen molar-refractivity contribution in [1.82, 2.24) is 4.98 Å². The molecule has 1 aromatic heterocycles. The van der Waals surface area contributed by atoms with Gasteiger partial charge in [0, 0.05) is 24.7 Å². The highest BCUT2D eigenvalue weighted by atomic mass is 32.1. The van der Waals surface area contributed by atoms with E-state index in [0.29, 0.717) is 12.5 Å². The van der Waals surface area contributed by atoms with E-state index in [1.165, 1.54) is 17.0 Å². The second-order valence-electron chi connectivity index (χ2n) is 6.10. The lowest BCUT2D eigenvalue weighted by molar-refractivity contribution is -0.138. The van der Waals surface area contributed by atoms with E-state index in [0.717, 1.165) is 23.2 Å². The summed E-state index contributed by atoms with van der Waals surface area (Å²) in [6.07, 6.45) is -3.60. The molecule has 0 saturated carbocycles. The Kier molecular flexibility index (Phi) is 5.39. The van der Waals surface area contributed by atoms with E-state index in [2.05, 4.69) is 4.98 Å². The molecule has 1 aromatic carbocycles. The van der Waals surface area contributed by atoms with Gasteiger partial charge in [-0.2, -0.15) is 18.4 Å². The Morgan fingerprint density at radius 1 is 1.24 bits per heavy atom. The Balaban J connectivity index is 2.07. The number of carbonyl (C=O) groups excluding carboxylic acids is 1. The van der Waals surface area contributed by atoms with E-state index in [4.69, 9.17) is 17.5 Å². The molecule has 2 heterocycles. The van der Waals surface area contributed by atoms with Gasteiger partial charge in [-0.05, 0) is 36.8 Å². The number of hydrogen-bond acceptors (Lipinski definition) is 5. The molecule has 0 spiro atoms. The summed E-state index contributed by atoms with van der Waals surface area (Å²) in [5, 5.41) is 18.1. The van der Waals surface area contributed by atoms with Crippen molar-refractivity contribution in [2.24, 2.45) is 0 Å². The van der Waals surface area contributed by atoms with Gasteiger partial charge in [-0.25, -0.2) is 9.37 Å². The van der Waals surface area contributed by atoms with Crippen LogP contribution in [0.15, 0.2) is 30.5 Å². The smallest absolute Gasteiger partial charge is 0.419 e. The van der Waals surface area contributed by atoms with Crippen LogP contribution in [-0.2, 0) is 11.0 Å². The van der Waals surface area contributed by atoms with E-state index < -0.39 is 34.9 Å². The zero-order chi connectivity index (χ0) is 21.3. The molecule has 150 valence electrons. The Bertz CT molecular complexity index is 1040. The van der Waals surface area contributed by atoms with Crippen molar-refractivity contribution >= 4 is 34.6 Å². The molecule has 1 aliphatic heterocycles. The molecule has 1 amide bonds. The van der Waals surface area contributed by atoms with E-state index in [1.807, 2.05) is 0 Å². The van der Waals surface area contributed by atoms with Crippen LogP contribution >= 0.6 is 12.2 Å². The molecule has 0 atom stereocenters. The molecule has 3 rings (SSSR count). The molecule has 0 radical (unpaired) electrons. The van der Waals surface area contributed by atoms with Crippen molar-refractivity contribution in [2.45, 2.75) is 19.0 Å². The number of rotatable bonds is 2. The average Bonchev–Trinajstić information content (AvgIpc) is 2.81. The second-order valence-corrected chi connectivity index (χ2v) is 6.47. The van der Waals surface area contributed by atoms with Crippen LogP contribution in [-0.4, -0.2) is 27.7 Å². The molecule has 6 nitrogen and oxygen atoms in total. The van der Waals surface area contributed by atoms with Gasteiger partial charge in [0.05, 0.1) is 17.4 Å². The Labute approximate surface area is 167 Å². The zero-order valence-electron chi connectivity index (χ0n) is 14.6. The summed E-state index contributed by atoms with van der Waals surface area (Å²) < 4.78 is 53.6. The number of anilines is 2. The maximum atomic E-state index is 13.8. The number of phenolic OH excluding ortho intramolecular Hbond substituents is 1. The van der Waals surface area contributed by atoms with Gasteiger partial charge in [-0.1, -0.05) is 0 Å². The molecule has 1 aliphatic rings. The number of aromatic nitrogens is 1. The topological polar surface area (TPSA) is 80.5 Å². The van der Waals surface area contributed by atoms with E-state index in [9.17, 15) is 27.5 Å². The van der Waals surface area contributed by atoms with Gasteiger partial charge in [-0.15, -0.1) is 0 Å². The van der Waals surface area contributed by atoms with Crippen LogP contribution in [0, 0.1) is 17.1 Å². The number of phenols is 1. The molecular formula is C18H12F4N4O2S. The Morgan fingerprint density at radius 2 is 1.97 bits per heavy atom. The van der Waals surface area contributed by atoms with Gasteiger partial charge in [-0.3, -0.25) is 9.69 Å². The SMILES string of the molecule is N#Cc1ncc(N2C(=O)CCCN(c3ccc(O)c(F)c3)C2=S)cc1C(F)(F)F. The molecule has 0 unspecified atom stereocenters. The lowest BCUT2D eigenvalue weighted by atomic mass is 10.1. The quantitative estimate of drug-likeness (QED) is 0.585. The summed E-state index contributed by atoms with van der Waals surface area (Å²) in [6.45, 7) is 0.209. The number of hydrogen-bond donors (Lipinski definition) is 1. The monoisotopic (exact) mass is 424 g/mol. The highest BCUT2D eigenvalue weighted by molar-refractivity contribution is 7.81. The van der Waals surface area contributed by atoms with E-state index in [1.54, 1.807) is 0 Å². The fourth-order valence-corrected chi connectivity index (χ4v) is 3.27. The first kappa shape index (κ1) is 20.5. The molecule has 1 saturated heterocycles. The van der Waals surface area contributed by atoms with Crippen LogP contribution in [0.4, 0.5) is 28.9 Å². The predicted molar refractivity (Wildman–Crippen MR) is 98.7 cm³/mol. The number of halogens is 4. The maximum Gasteiger partial charge on any atom is 0.419 e. The molecule has 0 aliphatic carbocycles. The van der Waals surface area contributed by atoms with Gasteiger partial charge in [0.15, 0.2) is 22.4 Å². The molecular weight excluding hydrogens is 412 g/mol. The summed E-state index contributed by atoms with van der Waals surface area (Å²) in [6, 6.07) is 5.49. The molecule has 1 fully saturated rings. The third-order valence-corrected chi connectivity index (χ3v) is 4.63. The third-order valence-electron chi connectivity index (χ3n) is 4.23. The molecule has 11 heteroatoms. The highest BCUT2D eigenvalue weighted by Crippen LogP contribution is 2.35. The fraction of sp³-hybridized carbons (Fsp3) is 0.222. The standard InChI is InChI=1S/C18H12F4N4O2S/c19-13-7-10(3-4-15(13)27)25-5-1-2-16(28)26(17(25)29)11-6-12(18(20,21)22)14(8-23)24-9-11/h3-4,6-7,9,27H,1-2,5H2. The van der Waals surface area contributed by atoms with Crippen molar-refractivity contribution in [3.63, 3.8) is 0 Å². The Hall–Kier alpha value is -3.26. The number of alkyl halides is 3. The maximum absolute atomic E-state index is 13.8. The van der Waals surface area contributed by atoms with Crippen LogP contribution in [0.3, 0.4) is 0 Å². The van der Waals surface area contributed by atoms with Crippen LogP contribution in [0.25, 0.3) is 0 Å². The van der Waals surface area contributed by atoms with Crippen molar-refractivity contribution in [3.05, 3.63) is 47.5 Å². The molecule has 2 aromatic rings. The number of amides is 1. The number of nitrogens with zero attached hydrogens (tertiary/aromatic N) is 4. The summed E-state index contributed by atoms with van der Waals surface area (Å²) in [7, 11) is 0. The van der Waals surface area contributed by atoms with Gasteiger partial charge in [0.25, 0.3) is 0 Å². The number of carbonyl (C=O) groups is 1. The summed E-state index contributed by atoms with van der Waals surface area (Å²) in [5.74, 6) is -2.04. The van der Waals surface area contributed by atoms with E-state index in [-0.39, 0.29) is 29.5 Å². The van der Waals surface area contributed by atoms with Crippen molar-refractivity contribution in [3.8, 4) is 11.8 Å². The molecule has 1 N–H and O–H groups in total. The zero-order valence-corrected chi connectivity index (χ0v) is 15.4. The van der Waals surface area contributed by atoms with Crippen LogP contribution in [0.2, 0.25) is 0 Å². The van der Waals surface area contributed by atoms with Gasteiger partial charge < -0.3 is 10.0 Å². The minimum Gasteiger partial charge on any atom is -0.505 e. The number of aromatic hydroxyl groups is 1. The predicted octanol–water partition coefficient (Wildman–Crippen LogP) is 3.74. The van der Waals surface area contributed by atoms with Gasteiger partial charge in [0.1, 0.15) is 6.07 Å². The van der Waals surface area contributed by atoms with Gasteiger partial charge in [0.2, 0.25) is 5.91 Å².